The Kier molecular flexibility index (Phi) is 13.1. The number of carboxylic acids is 1. The van der Waals surface area contributed by atoms with Crippen molar-refractivity contribution in [3.63, 3.8) is 0 Å². The first-order chi connectivity index (χ1) is 21.5. The van der Waals surface area contributed by atoms with Crippen LogP contribution >= 0.6 is 0 Å². The number of aliphatic hydroxyl groups excluding tert-OH is 10. The number of carbonyl (C=O) groups is 3. The highest BCUT2D eigenvalue weighted by Gasteiger charge is 2.57. The first-order valence-corrected chi connectivity index (χ1v) is 14.2. The average molecular weight is 675 g/mol. The Morgan fingerprint density at radius 1 is 0.870 bits per heavy atom. The summed E-state index contributed by atoms with van der Waals surface area (Å²) < 4.78 is 27.2. The third-order valence-corrected chi connectivity index (χ3v) is 7.87. The fraction of sp³-hybridized carbons (Fsp3) is 0.880. The van der Waals surface area contributed by atoms with Gasteiger partial charge < -0.3 is 90.5 Å². The number of ether oxygens (including phenoxy) is 5. The summed E-state index contributed by atoms with van der Waals surface area (Å²) in [6, 6.07) is -2.96. The van der Waals surface area contributed by atoms with E-state index in [0.29, 0.717) is 0 Å². The van der Waals surface area contributed by atoms with Crippen molar-refractivity contribution in [2.45, 2.75) is 118 Å². The van der Waals surface area contributed by atoms with Crippen LogP contribution < -0.4 is 10.6 Å². The van der Waals surface area contributed by atoms with Crippen LogP contribution in [0.4, 0.5) is 0 Å². The van der Waals surface area contributed by atoms with Gasteiger partial charge in [0.1, 0.15) is 67.1 Å². The van der Waals surface area contributed by atoms with Crippen LogP contribution in [0.2, 0.25) is 0 Å². The summed E-state index contributed by atoms with van der Waals surface area (Å²) >= 11 is 0. The van der Waals surface area contributed by atoms with Crippen LogP contribution in [0.5, 0.6) is 0 Å². The van der Waals surface area contributed by atoms with Crippen LogP contribution in [0.25, 0.3) is 0 Å². The smallest absolute Gasteiger partial charge is 0.364 e. The Bertz CT molecular complexity index is 1050. The van der Waals surface area contributed by atoms with Gasteiger partial charge in [0.05, 0.1) is 32.0 Å². The Labute approximate surface area is 260 Å². The lowest BCUT2D eigenvalue weighted by molar-refractivity contribution is -0.358. The number of carboxylic acid groups (broad SMARTS) is 1. The van der Waals surface area contributed by atoms with Crippen LogP contribution in [0, 0.1) is 0 Å². The Morgan fingerprint density at radius 3 is 2.02 bits per heavy atom. The fourth-order valence-corrected chi connectivity index (χ4v) is 5.46. The minimum absolute atomic E-state index is 0.677. The van der Waals surface area contributed by atoms with Gasteiger partial charge in [-0.15, -0.1) is 0 Å². The highest BCUT2D eigenvalue weighted by Crippen LogP contribution is 2.35. The zero-order chi connectivity index (χ0) is 34.7. The monoisotopic (exact) mass is 674 g/mol. The van der Waals surface area contributed by atoms with Crippen molar-refractivity contribution in [3.8, 4) is 0 Å². The molecule has 3 heterocycles. The summed E-state index contributed by atoms with van der Waals surface area (Å²) in [5, 5.41) is 117. The van der Waals surface area contributed by atoms with Crippen molar-refractivity contribution in [2.24, 2.45) is 0 Å². The topological polar surface area (TPSA) is 344 Å². The highest BCUT2D eigenvalue weighted by molar-refractivity contribution is 5.76. The number of rotatable bonds is 12. The molecule has 3 aliphatic heterocycles. The summed E-state index contributed by atoms with van der Waals surface area (Å²) in [4.78, 5) is 35.7. The van der Waals surface area contributed by atoms with Gasteiger partial charge >= 0.3 is 5.97 Å². The van der Waals surface area contributed by atoms with Gasteiger partial charge in [0.2, 0.25) is 11.8 Å². The second-order valence-corrected chi connectivity index (χ2v) is 11.3. The van der Waals surface area contributed by atoms with E-state index in [9.17, 15) is 70.6 Å². The number of nitrogens with one attached hydrogen (secondary N) is 2. The highest BCUT2D eigenvalue weighted by atomic mass is 16.8. The SMILES string of the molecule is CC(=O)N[C@@H]1[C@@H](O)[C@H](O[C@@H]2O[C@H](CO[C@]3(C(=O)O)C[C@H](O)[C@@H](NC(C)=O)[C@H]([C@H](O)[C@H](O)CO)O3)[C@@H](O)[C@H](O)[C@H]2O)[C@@H](CO)O[C@H]1O. The predicted octanol–water partition coefficient (Wildman–Crippen LogP) is -8.08. The van der Waals surface area contributed by atoms with Crippen molar-refractivity contribution in [1.29, 1.82) is 0 Å². The zero-order valence-corrected chi connectivity index (χ0v) is 24.7. The molecule has 0 aromatic rings. The molecule has 3 saturated heterocycles. The molecule has 13 N–H and O–H groups in total. The summed E-state index contributed by atoms with van der Waals surface area (Å²) in [6.45, 7) is -0.695. The molecule has 0 spiro atoms. The van der Waals surface area contributed by atoms with Crippen LogP contribution in [0.3, 0.4) is 0 Å². The van der Waals surface area contributed by atoms with E-state index in [1.54, 1.807) is 0 Å². The van der Waals surface area contributed by atoms with Gasteiger partial charge in [-0.05, 0) is 0 Å². The van der Waals surface area contributed by atoms with E-state index in [1.165, 1.54) is 0 Å². The minimum atomic E-state index is -2.84. The molecule has 3 aliphatic rings. The predicted molar refractivity (Wildman–Crippen MR) is 142 cm³/mol. The van der Waals surface area contributed by atoms with Gasteiger partial charge in [-0.3, -0.25) is 9.59 Å². The number of aliphatic carboxylic acids is 1. The summed E-state index contributed by atoms with van der Waals surface area (Å²) in [5.74, 6) is -6.12. The normalized spacial score (nSPS) is 42.9. The summed E-state index contributed by atoms with van der Waals surface area (Å²) in [5.41, 5.74) is 0. The van der Waals surface area contributed by atoms with Gasteiger partial charge in [0, 0.05) is 20.3 Å². The molecule has 3 fully saturated rings. The van der Waals surface area contributed by atoms with Crippen LogP contribution in [-0.2, 0) is 38.1 Å². The maximum absolute atomic E-state index is 12.4. The Balaban J connectivity index is 1.83. The molecule has 0 aromatic carbocycles. The van der Waals surface area contributed by atoms with E-state index < -0.39 is 142 Å². The van der Waals surface area contributed by atoms with Crippen molar-refractivity contribution in [2.75, 3.05) is 19.8 Å². The standard InChI is InChI=1S/C25H42N2O19/c1-7(30)26-13-9(32)3-25(24(40)41,46-21(13)15(34)10(33)4-28)42-6-12-16(35)18(37)19(38)23(44-12)45-20-11(5-29)43-22(39)14(17(20)36)27-8(2)31/h9-23,28-29,32-39H,3-6H2,1-2H3,(H,26,30)(H,27,31)(H,40,41)/t9-,10+,11+,12+,13+,14+,15+,16+,17+,18-,19+,20+,21+,22+,23-,25+/m0/s1. The quantitative estimate of drug-likeness (QED) is 0.0913. The number of aliphatic hydroxyl groups is 10. The molecule has 0 unspecified atom stereocenters. The molecule has 46 heavy (non-hydrogen) atoms. The summed E-state index contributed by atoms with van der Waals surface area (Å²) in [7, 11) is 0. The van der Waals surface area contributed by atoms with Crippen molar-refractivity contribution in [3.05, 3.63) is 0 Å². The average Bonchev–Trinajstić information content (AvgIpc) is 2.99. The summed E-state index contributed by atoms with van der Waals surface area (Å²) in [6.07, 6.45) is -24.9. The number of amides is 2. The van der Waals surface area contributed by atoms with E-state index in [-0.39, 0.29) is 0 Å². The molecule has 0 bridgehead atoms. The maximum Gasteiger partial charge on any atom is 0.364 e. The lowest BCUT2D eigenvalue weighted by Gasteiger charge is -2.48. The van der Waals surface area contributed by atoms with E-state index in [4.69, 9.17) is 23.7 Å². The molecule has 0 radical (unpaired) electrons. The molecular weight excluding hydrogens is 632 g/mol. The molecular formula is C25H42N2O19. The van der Waals surface area contributed by atoms with Crippen molar-refractivity contribution < 1.29 is 94.2 Å². The molecule has 2 amide bonds. The first-order valence-electron chi connectivity index (χ1n) is 14.2. The largest absolute Gasteiger partial charge is 0.477 e. The third-order valence-electron chi connectivity index (χ3n) is 7.87. The molecule has 21 heteroatoms. The van der Waals surface area contributed by atoms with Gasteiger partial charge in [0.25, 0.3) is 5.79 Å². The zero-order valence-electron chi connectivity index (χ0n) is 24.7. The van der Waals surface area contributed by atoms with E-state index >= 15 is 0 Å². The second-order valence-electron chi connectivity index (χ2n) is 11.3. The third kappa shape index (κ3) is 8.26. The molecule has 21 nitrogen and oxygen atoms in total. The maximum atomic E-state index is 12.4. The van der Waals surface area contributed by atoms with Gasteiger partial charge in [-0.25, -0.2) is 4.79 Å². The Morgan fingerprint density at radius 2 is 1.48 bits per heavy atom. The van der Waals surface area contributed by atoms with Crippen molar-refractivity contribution in [1.82, 2.24) is 10.6 Å². The Hall–Kier alpha value is -2.19. The lowest BCUT2D eigenvalue weighted by atomic mass is 9.88. The molecule has 0 aliphatic carbocycles. The molecule has 3 rings (SSSR count). The van der Waals surface area contributed by atoms with Crippen LogP contribution in [0.15, 0.2) is 0 Å². The molecule has 0 aromatic heterocycles. The van der Waals surface area contributed by atoms with E-state index in [2.05, 4.69) is 10.6 Å². The minimum Gasteiger partial charge on any atom is -0.477 e. The van der Waals surface area contributed by atoms with Crippen LogP contribution in [0.1, 0.15) is 20.3 Å². The first kappa shape index (κ1) is 38.3. The number of carbonyl (C=O) groups excluding carboxylic acids is 2. The number of hydrogen-bond donors (Lipinski definition) is 13. The van der Waals surface area contributed by atoms with Crippen molar-refractivity contribution >= 4 is 17.8 Å². The van der Waals surface area contributed by atoms with Gasteiger partial charge in [0.15, 0.2) is 12.6 Å². The fourth-order valence-electron chi connectivity index (χ4n) is 5.46. The molecule has 16 atom stereocenters. The van der Waals surface area contributed by atoms with Crippen LogP contribution in [-0.4, -0.2) is 191 Å². The molecule has 266 valence electrons. The van der Waals surface area contributed by atoms with E-state index in [0.717, 1.165) is 13.8 Å². The number of hydrogen-bond acceptors (Lipinski definition) is 18. The van der Waals surface area contributed by atoms with E-state index in [1.807, 2.05) is 0 Å². The van der Waals surface area contributed by atoms with Gasteiger partial charge in [-0.2, -0.15) is 0 Å². The lowest BCUT2D eigenvalue weighted by Crippen LogP contribution is -2.69. The van der Waals surface area contributed by atoms with Gasteiger partial charge in [-0.1, -0.05) is 0 Å². The molecule has 0 saturated carbocycles. The second kappa shape index (κ2) is 15.8.